The molecule has 2 rings (SSSR count). The van der Waals surface area contributed by atoms with Gasteiger partial charge in [-0.25, -0.2) is 16.8 Å². The van der Waals surface area contributed by atoms with Gasteiger partial charge in [0, 0.05) is 23.8 Å². The van der Waals surface area contributed by atoms with Gasteiger partial charge in [-0.1, -0.05) is 19.9 Å². The summed E-state index contributed by atoms with van der Waals surface area (Å²) in [5.74, 6) is 0. The first-order chi connectivity index (χ1) is 9.52. The van der Waals surface area contributed by atoms with E-state index in [1.54, 1.807) is 0 Å². The molecule has 1 aliphatic heterocycles. The van der Waals surface area contributed by atoms with Crippen molar-refractivity contribution in [1.29, 1.82) is 0 Å². The highest BCUT2D eigenvalue weighted by Gasteiger charge is 2.33. The van der Waals surface area contributed by atoms with Crippen molar-refractivity contribution in [2.45, 2.75) is 36.5 Å². The minimum absolute atomic E-state index is 0.0380. The topological polar surface area (TPSA) is 71.5 Å². The van der Waals surface area contributed by atoms with Crippen molar-refractivity contribution in [3.63, 3.8) is 0 Å². The minimum Gasteiger partial charge on any atom is -0.207 e. The number of hydrogen-bond donors (Lipinski definition) is 0. The van der Waals surface area contributed by atoms with Crippen LogP contribution in [0.5, 0.6) is 0 Å². The summed E-state index contributed by atoms with van der Waals surface area (Å²) in [5, 5.41) is 0. The van der Waals surface area contributed by atoms with Gasteiger partial charge in [0.15, 0.2) is 0 Å². The van der Waals surface area contributed by atoms with Gasteiger partial charge in [-0.2, -0.15) is 4.31 Å². The molecular weight excluding hydrogens is 334 g/mol. The SMILES string of the molecule is CC1(C)CCN(S(=O)(=O)c2cccc(S(=O)(=O)Cl)c2)CC1. The van der Waals surface area contributed by atoms with Crippen LogP contribution in [-0.4, -0.2) is 34.2 Å². The van der Waals surface area contributed by atoms with E-state index in [0.717, 1.165) is 18.9 Å². The third-order valence-corrected chi connectivity index (χ3v) is 7.05. The van der Waals surface area contributed by atoms with Gasteiger partial charge in [0.2, 0.25) is 10.0 Å². The fourth-order valence-electron chi connectivity index (χ4n) is 2.27. The molecule has 0 atom stereocenters. The zero-order chi connectivity index (χ0) is 15.9. The Balaban J connectivity index is 2.33. The van der Waals surface area contributed by atoms with Crippen LogP contribution < -0.4 is 0 Å². The molecule has 0 amide bonds. The van der Waals surface area contributed by atoms with Gasteiger partial charge in [0.25, 0.3) is 9.05 Å². The van der Waals surface area contributed by atoms with Crippen molar-refractivity contribution in [2.75, 3.05) is 13.1 Å². The summed E-state index contributed by atoms with van der Waals surface area (Å²) in [6, 6.07) is 5.16. The third-order valence-electron chi connectivity index (χ3n) is 3.80. The summed E-state index contributed by atoms with van der Waals surface area (Å²) in [5.41, 5.74) is 0.132. The van der Waals surface area contributed by atoms with Gasteiger partial charge in [-0.15, -0.1) is 0 Å². The van der Waals surface area contributed by atoms with E-state index in [2.05, 4.69) is 13.8 Å². The van der Waals surface area contributed by atoms with Gasteiger partial charge in [-0.05, 0) is 36.5 Å². The van der Waals surface area contributed by atoms with E-state index in [1.165, 1.54) is 22.5 Å². The Morgan fingerprint density at radius 3 is 2.10 bits per heavy atom. The third kappa shape index (κ3) is 3.77. The molecule has 0 aromatic heterocycles. The van der Waals surface area contributed by atoms with Crippen LogP contribution in [-0.2, 0) is 19.1 Å². The summed E-state index contributed by atoms with van der Waals surface area (Å²) in [4.78, 5) is -0.244. The Morgan fingerprint density at radius 2 is 1.57 bits per heavy atom. The van der Waals surface area contributed by atoms with Gasteiger partial charge >= 0.3 is 0 Å². The van der Waals surface area contributed by atoms with Crippen LogP contribution in [0.1, 0.15) is 26.7 Å². The number of nitrogens with zero attached hydrogens (tertiary/aromatic N) is 1. The molecule has 118 valence electrons. The summed E-state index contributed by atoms with van der Waals surface area (Å²) >= 11 is 0. The number of hydrogen-bond acceptors (Lipinski definition) is 4. The average Bonchev–Trinajstić information content (AvgIpc) is 2.37. The second kappa shape index (κ2) is 5.53. The molecule has 0 bridgehead atoms. The number of benzene rings is 1. The molecule has 0 unspecified atom stereocenters. The van der Waals surface area contributed by atoms with Gasteiger partial charge < -0.3 is 0 Å². The highest BCUT2D eigenvalue weighted by atomic mass is 35.7. The molecule has 1 fully saturated rings. The lowest BCUT2D eigenvalue weighted by molar-refractivity contribution is 0.196. The number of halogens is 1. The highest BCUT2D eigenvalue weighted by molar-refractivity contribution is 8.13. The van der Waals surface area contributed by atoms with Gasteiger partial charge in [0.05, 0.1) is 9.79 Å². The van der Waals surface area contributed by atoms with Crippen molar-refractivity contribution >= 4 is 29.8 Å². The molecule has 8 heteroatoms. The molecule has 0 saturated carbocycles. The predicted molar refractivity (Wildman–Crippen MR) is 81.3 cm³/mol. The van der Waals surface area contributed by atoms with Crippen molar-refractivity contribution in [1.82, 2.24) is 4.31 Å². The summed E-state index contributed by atoms with van der Waals surface area (Å²) in [6.45, 7) is 5.09. The second-order valence-electron chi connectivity index (χ2n) is 5.98. The van der Waals surface area contributed by atoms with Crippen LogP contribution in [0, 0.1) is 5.41 Å². The summed E-state index contributed by atoms with van der Waals surface area (Å²) in [7, 11) is -2.36. The molecule has 5 nitrogen and oxygen atoms in total. The minimum atomic E-state index is -3.95. The van der Waals surface area contributed by atoms with Crippen molar-refractivity contribution < 1.29 is 16.8 Å². The molecule has 1 aromatic rings. The number of sulfonamides is 1. The summed E-state index contributed by atoms with van der Waals surface area (Å²) < 4.78 is 49.2. The fraction of sp³-hybridized carbons (Fsp3) is 0.538. The van der Waals surface area contributed by atoms with Crippen LogP contribution in [0.3, 0.4) is 0 Å². The second-order valence-corrected chi connectivity index (χ2v) is 10.5. The van der Waals surface area contributed by atoms with Crippen molar-refractivity contribution in [3.8, 4) is 0 Å². The van der Waals surface area contributed by atoms with Crippen LogP contribution in [0.25, 0.3) is 0 Å². The lowest BCUT2D eigenvalue weighted by Gasteiger charge is -2.36. The quantitative estimate of drug-likeness (QED) is 0.784. The van der Waals surface area contributed by atoms with E-state index in [-0.39, 0.29) is 15.2 Å². The van der Waals surface area contributed by atoms with E-state index in [4.69, 9.17) is 10.7 Å². The largest absolute Gasteiger partial charge is 0.261 e. The highest BCUT2D eigenvalue weighted by Crippen LogP contribution is 2.32. The first kappa shape index (κ1) is 16.7. The van der Waals surface area contributed by atoms with Gasteiger partial charge in [0.1, 0.15) is 0 Å². The molecule has 0 radical (unpaired) electrons. The molecule has 0 aliphatic carbocycles. The molecule has 1 aromatic carbocycles. The van der Waals surface area contributed by atoms with E-state index in [9.17, 15) is 16.8 Å². The molecule has 1 aliphatic rings. The van der Waals surface area contributed by atoms with Crippen LogP contribution in [0.4, 0.5) is 0 Å². The number of rotatable bonds is 3. The first-order valence-electron chi connectivity index (χ1n) is 6.57. The molecule has 1 saturated heterocycles. The van der Waals surface area contributed by atoms with Crippen LogP contribution in [0.2, 0.25) is 0 Å². The smallest absolute Gasteiger partial charge is 0.207 e. The maximum Gasteiger partial charge on any atom is 0.261 e. The normalized spacial score (nSPS) is 20.3. The molecule has 1 heterocycles. The molecule has 0 spiro atoms. The molecule has 21 heavy (non-hydrogen) atoms. The summed E-state index contributed by atoms with van der Waals surface area (Å²) in [6.07, 6.45) is 1.56. The predicted octanol–water partition coefficient (Wildman–Crippen LogP) is 2.42. The zero-order valence-electron chi connectivity index (χ0n) is 11.9. The van der Waals surface area contributed by atoms with Crippen molar-refractivity contribution in [3.05, 3.63) is 24.3 Å². The average molecular weight is 352 g/mol. The van der Waals surface area contributed by atoms with E-state index >= 15 is 0 Å². The molecule has 0 N–H and O–H groups in total. The lowest BCUT2D eigenvalue weighted by Crippen LogP contribution is -2.41. The Hall–Kier alpha value is -0.630. The van der Waals surface area contributed by atoms with Crippen molar-refractivity contribution in [2.24, 2.45) is 5.41 Å². The lowest BCUT2D eigenvalue weighted by atomic mass is 9.83. The Bertz CT molecular complexity index is 731. The van der Waals surface area contributed by atoms with E-state index in [0.29, 0.717) is 13.1 Å². The molecular formula is C13H18ClNO4S2. The van der Waals surface area contributed by atoms with Crippen LogP contribution >= 0.6 is 10.7 Å². The van der Waals surface area contributed by atoms with E-state index in [1.807, 2.05) is 0 Å². The maximum atomic E-state index is 12.6. The first-order valence-corrected chi connectivity index (χ1v) is 10.3. The standard InChI is InChI=1S/C13H18ClNO4S2/c1-13(2)6-8-15(9-7-13)21(18,19)12-5-3-4-11(10-12)20(14,16)17/h3-5,10H,6-9H2,1-2H3. The van der Waals surface area contributed by atoms with Crippen LogP contribution in [0.15, 0.2) is 34.1 Å². The Morgan fingerprint density at radius 1 is 1.05 bits per heavy atom. The Labute approximate surface area is 130 Å². The van der Waals surface area contributed by atoms with E-state index < -0.39 is 19.1 Å². The monoisotopic (exact) mass is 351 g/mol. The Kier molecular flexibility index (Phi) is 4.41. The maximum absolute atomic E-state index is 12.6. The number of piperidine rings is 1. The zero-order valence-corrected chi connectivity index (χ0v) is 14.3. The fourth-order valence-corrected chi connectivity index (χ4v) is 4.63. The van der Waals surface area contributed by atoms with Gasteiger partial charge in [-0.3, -0.25) is 0 Å².